The fourth-order valence-electron chi connectivity index (χ4n) is 1.26. The highest BCUT2D eigenvalue weighted by molar-refractivity contribution is 7.12. The Morgan fingerprint density at radius 1 is 1.50 bits per heavy atom. The molecule has 0 spiro atoms. The van der Waals surface area contributed by atoms with Crippen molar-refractivity contribution in [3.8, 4) is 11.1 Å². The zero-order chi connectivity index (χ0) is 11.7. The van der Waals surface area contributed by atoms with Crippen LogP contribution in [0.2, 0.25) is 0 Å². The molecule has 6 heteroatoms. The SMILES string of the molecule is Cc1csc(-n2cc(C#N)c(=O)[nH]c2=O)c1. The highest BCUT2D eigenvalue weighted by Crippen LogP contribution is 2.16. The number of aryl methyl sites for hydroxylation is 1. The van der Waals surface area contributed by atoms with E-state index in [0.29, 0.717) is 5.00 Å². The van der Waals surface area contributed by atoms with Crippen LogP contribution in [-0.4, -0.2) is 9.55 Å². The van der Waals surface area contributed by atoms with Crippen LogP contribution in [0.25, 0.3) is 5.00 Å². The lowest BCUT2D eigenvalue weighted by molar-refractivity contribution is 0.902. The molecule has 2 heterocycles. The predicted octanol–water partition coefficient (Wildman–Crippen LogP) is 0.767. The van der Waals surface area contributed by atoms with E-state index >= 15 is 0 Å². The summed E-state index contributed by atoms with van der Waals surface area (Å²) in [6.07, 6.45) is 1.26. The minimum absolute atomic E-state index is 0.0781. The minimum Gasteiger partial charge on any atom is -0.273 e. The lowest BCUT2D eigenvalue weighted by atomic mass is 10.3. The van der Waals surface area contributed by atoms with Crippen molar-refractivity contribution < 1.29 is 0 Å². The summed E-state index contributed by atoms with van der Waals surface area (Å²) in [5, 5.41) is 11.3. The van der Waals surface area contributed by atoms with Gasteiger partial charge in [-0.25, -0.2) is 4.79 Å². The first kappa shape index (κ1) is 10.4. The quantitative estimate of drug-likeness (QED) is 0.790. The summed E-state index contributed by atoms with van der Waals surface area (Å²) in [6.45, 7) is 1.90. The second-order valence-electron chi connectivity index (χ2n) is 3.25. The lowest BCUT2D eigenvalue weighted by Crippen LogP contribution is -2.29. The van der Waals surface area contributed by atoms with Crippen molar-refractivity contribution >= 4 is 11.3 Å². The van der Waals surface area contributed by atoms with E-state index in [2.05, 4.69) is 4.98 Å². The average molecular weight is 233 g/mol. The monoisotopic (exact) mass is 233 g/mol. The van der Waals surface area contributed by atoms with Crippen LogP contribution in [-0.2, 0) is 0 Å². The molecule has 1 N–H and O–H groups in total. The third-order valence-electron chi connectivity index (χ3n) is 2.02. The normalized spacial score (nSPS) is 10.0. The lowest BCUT2D eigenvalue weighted by Gasteiger charge is -2.00. The summed E-state index contributed by atoms with van der Waals surface area (Å²) >= 11 is 1.37. The number of hydrogen-bond donors (Lipinski definition) is 1. The van der Waals surface area contributed by atoms with Crippen LogP contribution in [0, 0.1) is 18.3 Å². The Kier molecular flexibility index (Phi) is 2.46. The van der Waals surface area contributed by atoms with Crippen LogP contribution in [0.15, 0.2) is 27.2 Å². The Labute approximate surface area is 94.2 Å². The van der Waals surface area contributed by atoms with E-state index in [1.807, 2.05) is 18.4 Å². The van der Waals surface area contributed by atoms with Gasteiger partial charge < -0.3 is 0 Å². The van der Waals surface area contributed by atoms with E-state index in [-0.39, 0.29) is 5.56 Å². The number of thiophene rings is 1. The maximum absolute atomic E-state index is 11.5. The largest absolute Gasteiger partial charge is 0.333 e. The number of nitrogens with zero attached hydrogens (tertiary/aromatic N) is 2. The smallest absolute Gasteiger partial charge is 0.273 e. The maximum Gasteiger partial charge on any atom is 0.333 e. The zero-order valence-corrected chi connectivity index (χ0v) is 9.17. The van der Waals surface area contributed by atoms with Gasteiger partial charge in [-0.2, -0.15) is 5.26 Å². The van der Waals surface area contributed by atoms with Crippen LogP contribution < -0.4 is 11.2 Å². The first-order chi connectivity index (χ1) is 7.61. The van der Waals surface area contributed by atoms with Gasteiger partial charge in [0, 0.05) is 6.20 Å². The molecule has 0 amide bonds. The van der Waals surface area contributed by atoms with Gasteiger partial charge in [0.25, 0.3) is 5.56 Å². The van der Waals surface area contributed by atoms with Gasteiger partial charge in [-0.15, -0.1) is 11.3 Å². The maximum atomic E-state index is 11.5. The number of rotatable bonds is 1. The fraction of sp³-hybridized carbons (Fsp3) is 0.100. The molecule has 2 aromatic rings. The topological polar surface area (TPSA) is 78.7 Å². The highest BCUT2D eigenvalue weighted by atomic mass is 32.1. The molecular weight excluding hydrogens is 226 g/mol. The van der Waals surface area contributed by atoms with Crippen LogP contribution in [0.5, 0.6) is 0 Å². The van der Waals surface area contributed by atoms with Crippen LogP contribution in [0.4, 0.5) is 0 Å². The molecular formula is C10H7N3O2S. The third-order valence-corrected chi connectivity index (χ3v) is 3.06. The van der Waals surface area contributed by atoms with Gasteiger partial charge in [0.1, 0.15) is 16.6 Å². The molecule has 16 heavy (non-hydrogen) atoms. The Balaban J connectivity index is 2.72. The molecule has 0 saturated heterocycles. The Morgan fingerprint density at radius 3 is 2.81 bits per heavy atom. The molecule has 0 aromatic carbocycles. The summed E-state index contributed by atoms with van der Waals surface area (Å²) in [6, 6.07) is 3.55. The van der Waals surface area contributed by atoms with E-state index < -0.39 is 11.2 Å². The summed E-state index contributed by atoms with van der Waals surface area (Å²) in [7, 11) is 0. The zero-order valence-electron chi connectivity index (χ0n) is 8.35. The second-order valence-corrected chi connectivity index (χ2v) is 4.14. The van der Waals surface area contributed by atoms with Crippen molar-refractivity contribution in [2.45, 2.75) is 6.92 Å². The van der Waals surface area contributed by atoms with Gasteiger partial charge in [-0.05, 0) is 23.9 Å². The summed E-state index contributed by atoms with van der Waals surface area (Å²) < 4.78 is 1.26. The first-order valence-corrected chi connectivity index (χ1v) is 5.31. The number of H-pyrrole nitrogens is 1. The Hall–Kier alpha value is -2.13. The molecule has 0 radical (unpaired) electrons. The Morgan fingerprint density at radius 2 is 2.25 bits per heavy atom. The molecule has 0 unspecified atom stereocenters. The molecule has 0 atom stereocenters. The van der Waals surface area contributed by atoms with Crippen molar-refractivity contribution in [2.75, 3.05) is 0 Å². The van der Waals surface area contributed by atoms with Gasteiger partial charge >= 0.3 is 5.69 Å². The van der Waals surface area contributed by atoms with E-state index in [1.165, 1.54) is 22.1 Å². The standard InChI is InChI=1S/C10H7N3O2S/c1-6-2-8(16-5-6)13-4-7(3-11)9(14)12-10(13)15/h2,4-5H,1H3,(H,12,14,15). The fourth-order valence-corrected chi connectivity index (χ4v) is 2.13. The molecule has 2 rings (SSSR count). The molecule has 80 valence electrons. The van der Waals surface area contributed by atoms with E-state index in [4.69, 9.17) is 5.26 Å². The third kappa shape index (κ3) is 1.68. The van der Waals surface area contributed by atoms with Crippen LogP contribution >= 0.6 is 11.3 Å². The molecule has 0 fully saturated rings. The van der Waals surface area contributed by atoms with Gasteiger partial charge in [-0.1, -0.05) is 0 Å². The summed E-state index contributed by atoms with van der Waals surface area (Å²) in [5.74, 6) is 0. The van der Waals surface area contributed by atoms with Crippen LogP contribution in [0.3, 0.4) is 0 Å². The summed E-state index contributed by atoms with van der Waals surface area (Å²) in [5.41, 5.74) is -0.245. The van der Waals surface area contributed by atoms with E-state index in [1.54, 1.807) is 6.07 Å². The van der Waals surface area contributed by atoms with Crippen molar-refractivity contribution in [1.82, 2.24) is 9.55 Å². The number of aromatic amines is 1. The molecule has 0 aliphatic heterocycles. The van der Waals surface area contributed by atoms with E-state index in [0.717, 1.165) is 5.56 Å². The molecule has 2 aromatic heterocycles. The average Bonchev–Trinajstić information content (AvgIpc) is 2.65. The summed E-state index contributed by atoms with van der Waals surface area (Å²) in [4.78, 5) is 24.8. The number of aromatic nitrogens is 2. The molecule has 0 aliphatic rings. The Bertz CT molecular complexity index is 687. The van der Waals surface area contributed by atoms with Gasteiger partial charge in [0.15, 0.2) is 0 Å². The van der Waals surface area contributed by atoms with Crippen molar-refractivity contribution in [2.24, 2.45) is 0 Å². The molecule has 0 bridgehead atoms. The van der Waals surface area contributed by atoms with Crippen molar-refractivity contribution in [3.63, 3.8) is 0 Å². The van der Waals surface area contributed by atoms with Crippen LogP contribution in [0.1, 0.15) is 11.1 Å². The van der Waals surface area contributed by atoms with Gasteiger partial charge in [0.05, 0.1) is 0 Å². The minimum atomic E-state index is -0.656. The number of nitriles is 1. The predicted molar refractivity (Wildman–Crippen MR) is 60.0 cm³/mol. The highest BCUT2D eigenvalue weighted by Gasteiger charge is 2.06. The molecule has 0 saturated carbocycles. The van der Waals surface area contributed by atoms with E-state index in [9.17, 15) is 9.59 Å². The van der Waals surface area contributed by atoms with Gasteiger partial charge in [-0.3, -0.25) is 14.3 Å². The molecule has 5 nitrogen and oxygen atoms in total. The van der Waals surface area contributed by atoms with Gasteiger partial charge in [0.2, 0.25) is 0 Å². The first-order valence-electron chi connectivity index (χ1n) is 4.43. The van der Waals surface area contributed by atoms with Crippen molar-refractivity contribution in [3.05, 3.63) is 49.6 Å². The number of hydrogen-bond acceptors (Lipinski definition) is 4. The second kappa shape index (κ2) is 3.79. The molecule has 0 aliphatic carbocycles. The van der Waals surface area contributed by atoms with Crippen molar-refractivity contribution in [1.29, 1.82) is 5.26 Å². The number of nitrogens with one attached hydrogen (secondary N) is 1.